The molecule has 1 unspecified atom stereocenters. The van der Waals surface area contributed by atoms with Gasteiger partial charge < -0.3 is 9.15 Å². The number of methoxy groups -OCH3 is 1. The Morgan fingerprint density at radius 2 is 1.87 bits per heavy atom. The van der Waals surface area contributed by atoms with E-state index in [4.69, 9.17) is 9.15 Å². The topological polar surface area (TPSA) is 85.5 Å². The third-order valence-corrected chi connectivity index (χ3v) is 7.11. The second-order valence-corrected chi connectivity index (χ2v) is 9.24. The lowest BCUT2D eigenvalue weighted by Crippen LogP contribution is -2.39. The third-order valence-electron chi connectivity index (χ3n) is 5.23. The van der Waals surface area contributed by atoms with Gasteiger partial charge in [-0.05, 0) is 48.7 Å². The highest BCUT2D eigenvalue weighted by molar-refractivity contribution is 7.89. The molecule has 10 heteroatoms. The summed E-state index contributed by atoms with van der Waals surface area (Å²) in [4.78, 5) is -0.210. The van der Waals surface area contributed by atoms with E-state index in [2.05, 4.69) is 10.2 Å². The molecule has 0 saturated carbocycles. The van der Waals surface area contributed by atoms with E-state index in [0.29, 0.717) is 37.6 Å². The Balaban J connectivity index is 1.52. The zero-order valence-corrected chi connectivity index (χ0v) is 17.6. The largest absolute Gasteiger partial charge is 0.495 e. The number of piperidine rings is 1. The summed E-state index contributed by atoms with van der Waals surface area (Å²) >= 11 is 0. The van der Waals surface area contributed by atoms with Gasteiger partial charge in [0.05, 0.1) is 19.4 Å². The Hall–Kier alpha value is -2.85. The molecule has 1 fully saturated rings. The minimum atomic E-state index is -3.97. The molecule has 0 radical (unpaired) electrons. The van der Waals surface area contributed by atoms with Crippen molar-refractivity contribution in [3.8, 4) is 5.75 Å². The summed E-state index contributed by atoms with van der Waals surface area (Å²) in [6, 6.07) is 9.40. The van der Waals surface area contributed by atoms with Crippen LogP contribution >= 0.6 is 0 Å². The maximum Gasteiger partial charge on any atom is 0.246 e. The summed E-state index contributed by atoms with van der Waals surface area (Å²) in [7, 11) is -2.63. The van der Waals surface area contributed by atoms with E-state index in [1.165, 1.54) is 29.6 Å². The molecule has 2 heterocycles. The number of nitrogens with zero attached hydrogens (tertiary/aromatic N) is 3. The Bertz CT molecular complexity index is 1170. The van der Waals surface area contributed by atoms with Crippen molar-refractivity contribution in [3.63, 3.8) is 0 Å². The lowest BCUT2D eigenvalue weighted by Gasteiger charge is -2.30. The summed E-state index contributed by atoms with van der Waals surface area (Å²) in [6.45, 7) is 0.440. The maximum absolute atomic E-state index is 13.7. The van der Waals surface area contributed by atoms with Crippen LogP contribution in [0.4, 0.5) is 8.78 Å². The lowest BCUT2D eigenvalue weighted by atomic mass is 10.00. The number of sulfonamides is 1. The van der Waals surface area contributed by atoms with Crippen LogP contribution in [0.2, 0.25) is 0 Å². The normalized spacial score (nSPS) is 17.6. The van der Waals surface area contributed by atoms with Crippen molar-refractivity contribution in [1.82, 2.24) is 14.5 Å². The maximum atomic E-state index is 13.7. The van der Waals surface area contributed by atoms with Crippen molar-refractivity contribution in [2.24, 2.45) is 0 Å². The van der Waals surface area contributed by atoms with E-state index in [-0.39, 0.29) is 28.9 Å². The highest BCUT2D eigenvalue weighted by atomic mass is 32.2. The molecule has 4 rings (SSSR count). The van der Waals surface area contributed by atoms with Crippen LogP contribution in [-0.2, 0) is 16.4 Å². The Kier molecular flexibility index (Phi) is 6.01. The fourth-order valence-electron chi connectivity index (χ4n) is 3.63. The zero-order chi connectivity index (χ0) is 22.0. The first kappa shape index (κ1) is 21.4. The number of rotatable bonds is 6. The second-order valence-electron chi connectivity index (χ2n) is 7.33. The Morgan fingerprint density at radius 1 is 1.13 bits per heavy atom. The number of hydrogen-bond acceptors (Lipinski definition) is 6. The van der Waals surface area contributed by atoms with Crippen LogP contribution in [-0.4, -0.2) is 43.1 Å². The van der Waals surface area contributed by atoms with Gasteiger partial charge >= 0.3 is 0 Å². The first-order chi connectivity index (χ1) is 14.9. The first-order valence-electron chi connectivity index (χ1n) is 9.77. The molecule has 1 aliphatic rings. The molecule has 0 N–H and O–H groups in total. The van der Waals surface area contributed by atoms with Gasteiger partial charge in [-0.3, -0.25) is 0 Å². The van der Waals surface area contributed by atoms with Gasteiger partial charge in [-0.15, -0.1) is 10.2 Å². The van der Waals surface area contributed by atoms with Crippen LogP contribution in [0.3, 0.4) is 0 Å². The Labute approximate surface area is 178 Å². The molecule has 1 aromatic heterocycles. The summed E-state index contributed by atoms with van der Waals surface area (Å²) in [5.41, 5.74) is 0.822. The fourth-order valence-corrected chi connectivity index (χ4v) is 5.32. The van der Waals surface area contributed by atoms with E-state index in [1.807, 2.05) is 0 Å². The summed E-state index contributed by atoms with van der Waals surface area (Å²) in [5.74, 6) is -0.458. The zero-order valence-electron chi connectivity index (χ0n) is 16.8. The smallest absolute Gasteiger partial charge is 0.246 e. The molecule has 3 aromatic rings. The van der Waals surface area contributed by atoms with Gasteiger partial charge in [-0.1, -0.05) is 12.1 Å². The molecule has 31 heavy (non-hydrogen) atoms. The van der Waals surface area contributed by atoms with Crippen LogP contribution in [0.25, 0.3) is 0 Å². The van der Waals surface area contributed by atoms with E-state index in [9.17, 15) is 17.2 Å². The average molecular weight is 449 g/mol. The molecule has 0 aliphatic carbocycles. The van der Waals surface area contributed by atoms with Crippen LogP contribution in [0.1, 0.15) is 36.1 Å². The van der Waals surface area contributed by atoms with Gasteiger partial charge in [0, 0.05) is 13.1 Å². The molecule has 2 aromatic carbocycles. The van der Waals surface area contributed by atoms with Gasteiger partial charge in [0.15, 0.2) is 0 Å². The molecule has 164 valence electrons. The van der Waals surface area contributed by atoms with Crippen LogP contribution in [0, 0.1) is 11.6 Å². The van der Waals surface area contributed by atoms with E-state index >= 15 is 0 Å². The molecular formula is C21H21F2N3O4S. The third kappa shape index (κ3) is 4.59. The van der Waals surface area contributed by atoms with Crippen LogP contribution < -0.4 is 4.74 Å². The van der Waals surface area contributed by atoms with E-state index in [1.54, 1.807) is 12.1 Å². The second kappa shape index (κ2) is 8.72. The number of aromatic nitrogens is 2. The van der Waals surface area contributed by atoms with Crippen molar-refractivity contribution in [2.75, 3.05) is 20.2 Å². The fraction of sp³-hybridized carbons (Fsp3) is 0.333. The van der Waals surface area contributed by atoms with Crippen molar-refractivity contribution in [3.05, 3.63) is 71.4 Å². The quantitative estimate of drug-likeness (QED) is 0.573. The van der Waals surface area contributed by atoms with E-state index in [0.717, 1.165) is 17.7 Å². The number of hydrogen-bond donors (Lipinski definition) is 0. The first-order valence-corrected chi connectivity index (χ1v) is 11.2. The molecule has 0 spiro atoms. The highest BCUT2D eigenvalue weighted by Gasteiger charge is 2.35. The van der Waals surface area contributed by atoms with Gasteiger partial charge in [-0.2, -0.15) is 4.31 Å². The van der Waals surface area contributed by atoms with Gasteiger partial charge in [-0.25, -0.2) is 17.2 Å². The average Bonchev–Trinajstić information content (AvgIpc) is 3.24. The molecule has 1 aliphatic heterocycles. The highest BCUT2D eigenvalue weighted by Crippen LogP contribution is 2.33. The SMILES string of the molecule is COc1ccc(F)cc1S(=O)(=O)N1CCCC(c2nnc(Cc3ccc(F)cc3)o2)C1. The van der Waals surface area contributed by atoms with E-state index < -0.39 is 15.8 Å². The Morgan fingerprint density at radius 3 is 2.61 bits per heavy atom. The predicted octanol–water partition coefficient (Wildman–Crippen LogP) is 3.52. The van der Waals surface area contributed by atoms with Crippen molar-refractivity contribution < 1.29 is 26.4 Å². The lowest BCUT2D eigenvalue weighted by molar-refractivity contribution is 0.280. The standard InChI is InChI=1S/C21H21F2N3O4S/c1-29-18-9-8-17(23)12-19(18)31(27,28)26-10-2-3-15(13-26)21-25-24-20(30-21)11-14-4-6-16(22)7-5-14/h4-9,12,15H,2-3,10-11,13H2,1H3. The minimum Gasteiger partial charge on any atom is -0.495 e. The van der Waals surface area contributed by atoms with Crippen LogP contribution in [0.15, 0.2) is 51.8 Å². The molecule has 1 saturated heterocycles. The summed E-state index contributed by atoms with van der Waals surface area (Å²) < 4.78 is 65.3. The summed E-state index contributed by atoms with van der Waals surface area (Å²) in [5, 5.41) is 8.14. The van der Waals surface area contributed by atoms with Crippen molar-refractivity contribution in [1.29, 1.82) is 0 Å². The van der Waals surface area contributed by atoms with Gasteiger partial charge in [0.2, 0.25) is 21.8 Å². The van der Waals surface area contributed by atoms with Crippen LogP contribution in [0.5, 0.6) is 5.75 Å². The molecular weight excluding hydrogens is 428 g/mol. The molecule has 0 bridgehead atoms. The van der Waals surface area contributed by atoms with Gasteiger partial charge in [0.25, 0.3) is 0 Å². The molecule has 0 amide bonds. The monoisotopic (exact) mass is 449 g/mol. The van der Waals surface area contributed by atoms with Crippen molar-refractivity contribution in [2.45, 2.75) is 30.1 Å². The number of ether oxygens (including phenoxy) is 1. The molecule has 7 nitrogen and oxygen atoms in total. The number of halogens is 2. The van der Waals surface area contributed by atoms with Crippen molar-refractivity contribution >= 4 is 10.0 Å². The summed E-state index contributed by atoms with van der Waals surface area (Å²) in [6.07, 6.45) is 1.63. The number of benzene rings is 2. The minimum absolute atomic E-state index is 0.0860. The molecule has 1 atom stereocenters. The van der Waals surface area contributed by atoms with Gasteiger partial charge in [0.1, 0.15) is 22.3 Å². The predicted molar refractivity (Wildman–Crippen MR) is 107 cm³/mol.